The van der Waals surface area contributed by atoms with Crippen molar-refractivity contribution in [2.75, 3.05) is 6.54 Å². The van der Waals surface area contributed by atoms with E-state index in [1.54, 1.807) is 0 Å². The number of carbonyl (C=O) groups is 1. The zero-order chi connectivity index (χ0) is 19.4. The summed E-state index contributed by atoms with van der Waals surface area (Å²) in [7, 11) is 0. The fourth-order valence-electron chi connectivity index (χ4n) is 2.81. The van der Waals surface area contributed by atoms with Crippen molar-refractivity contribution >= 4 is 5.91 Å². The Morgan fingerprint density at radius 3 is 2.56 bits per heavy atom. The van der Waals surface area contributed by atoms with Crippen LogP contribution in [0.25, 0.3) is 11.5 Å². The Hall–Kier alpha value is -2.89. The first kappa shape index (κ1) is 18.9. The number of aryl methyl sites for hydroxylation is 2. The molecule has 0 fully saturated rings. The Morgan fingerprint density at radius 2 is 1.93 bits per heavy atom. The maximum absolute atomic E-state index is 12.2. The van der Waals surface area contributed by atoms with Crippen molar-refractivity contribution in [1.29, 1.82) is 0 Å². The lowest BCUT2D eigenvalue weighted by Crippen LogP contribution is -2.27. The first-order valence-corrected chi connectivity index (χ1v) is 9.18. The fraction of sp³-hybridized carbons (Fsp3) is 0.381. The SMILES string of the molecule is Cc1cc(CCNC(=O)Cc2nc(-c3ccc(C(C)C)cc3)oc2C)no1. The molecule has 0 saturated heterocycles. The number of hydrogen-bond donors (Lipinski definition) is 1. The summed E-state index contributed by atoms with van der Waals surface area (Å²) < 4.78 is 10.8. The highest BCUT2D eigenvalue weighted by atomic mass is 16.5. The number of nitrogens with one attached hydrogen (secondary N) is 1. The van der Waals surface area contributed by atoms with E-state index >= 15 is 0 Å². The minimum Gasteiger partial charge on any atom is -0.441 e. The summed E-state index contributed by atoms with van der Waals surface area (Å²) >= 11 is 0. The predicted octanol–water partition coefficient (Wildman–Crippen LogP) is 3.97. The quantitative estimate of drug-likeness (QED) is 0.683. The van der Waals surface area contributed by atoms with Crippen LogP contribution < -0.4 is 5.32 Å². The number of benzene rings is 1. The number of nitrogens with zero attached hydrogens (tertiary/aromatic N) is 2. The van der Waals surface area contributed by atoms with Gasteiger partial charge < -0.3 is 14.3 Å². The number of rotatable bonds is 7. The highest BCUT2D eigenvalue weighted by Crippen LogP contribution is 2.24. The molecule has 1 aromatic carbocycles. The van der Waals surface area contributed by atoms with E-state index < -0.39 is 0 Å². The summed E-state index contributed by atoms with van der Waals surface area (Å²) in [5.41, 5.74) is 3.67. The van der Waals surface area contributed by atoms with Gasteiger partial charge in [0.25, 0.3) is 0 Å². The molecule has 3 rings (SSSR count). The van der Waals surface area contributed by atoms with Gasteiger partial charge in [-0.15, -0.1) is 0 Å². The van der Waals surface area contributed by atoms with Crippen LogP contribution in [-0.2, 0) is 17.6 Å². The number of aromatic nitrogens is 2. The third-order valence-electron chi connectivity index (χ3n) is 4.43. The molecule has 0 radical (unpaired) electrons. The fourth-order valence-corrected chi connectivity index (χ4v) is 2.81. The molecule has 0 spiro atoms. The van der Waals surface area contributed by atoms with Gasteiger partial charge in [0.15, 0.2) is 0 Å². The average Bonchev–Trinajstić information content (AvgIpc) is 3.21. The van der Waals surface area contributed by atoms with Crippen LogP contribution in [0.5, 0.6) is 0 Å². The number of oxazole rings is 1. The molecule has 0 atom stereocenters. The van der Waals surface area contributed by atoms with Gasteiger partial charge >= 0.3 is 0 Å². The van der Waals surface area contributed by atoms with Gasteiger partial charge in [-0.25, -0.2) is 4.98 Å². The van der Waals surface area contributed by atoms with Crippen molar-refractivity contribution < 1.29 is 13.7 Å². The summed E-state index contributed by atoms with van der Waals surface area (Å²) in [6.45, 7) is 8.50. The largest absolute Gasteiger partial charge is 0.441 e. The van der Waals surface area contributed by atoms with Crippen LogP contribution in [0.4, 0.5) is 0 Å². The second kappa shape index (κ2) is 8.20. The van der Waals surface area contributed by atoms with Crippen LogP contribution in [0.3, 0.4) is 0 Å². The highest BCUT2D eigenvalue weighted by molar-refractivity contribution is 5.78. The van der Waals surface area contributed by atoms with Gasteiger partial charge in [-0.2, -0.15) is 0 Å². The molecule has 6 heteroatoms. The van der Waals surface area contributed by atoms with Crippen molar-refractivity contribution in [1.82, 2.24) is 15.5 Å². The summed E-state index contributed by atoms with van der Waals surface area (Å²) in [5.74, 6) is 2.37. The lowest BCUT2D eigenvalue weighted by molar-refractivity contribution is -0.120. The van der Waals surface area contributed by atoms with Gasteiger partial charge in [0.1, 0.15) is 11.5 Å². The molecule has 6 nitrogen and oxygen atoms in total. The Bertz CT molecular complexity index is 907. The van der Waals surface area contributed by atoms with Crippen molar-refractivity contribution in [3.05, 3.63) is 58.8 Å². The van der Waals surface area contributed by atoms with Crippen LogP contribution >= 0.6 is 0 Å². The number of carbonyl (C=O) groups excluding carboxylic acids is 1. The maximum atomic E-state index is 12.2. The second-order valence-corrected chi connectivity index (χ2v) is 7.00. The van der Waals surface area contributed by atoms with Crippen LogP contribution in [0, 0.1) is 13.8 Å². The molecule has 2 aromatic heterocycles. The van der Waals surface area contributed by atoms with Crippen LogP contribution in [0.15, 0.2) is 39.3 Å². The third kappa shape index (κ3) is 4.84. The standard InChI is InChI=1S/C21H25N3O3/c1-13(2)16-5-7-17(8-6-16)21-23-19(15(4)26-21)12-20(25)22-10-9-18-11-14(3)27-24-18/h5-8,11,13H,9-10,12H2,1-4H3,(H,22,25). The van der Waals surface area contributed by atoms with E-state index in [-0.39, 0.29) is 12.3 Å². The molecular formula is C21H25N3O3. The summed E-state index contributed by atoms with van der Waals surface area (Å²) in [4.78, 5) is 16.7. The van der Waals surface area contributed by atoms with Gasteiger partial charge in [0, 0.05) is 24.6 Å². The van der Waals surface area contributed by atoms with E-state index in [2.05, 4.69) is 41.4 Å². The molecule has 2 heterocycles. The molecule has 1 amide bonds. The van der Waals surface area contributed by atoms with Gasteiger partial charge in [-0.05, 0) is 37.5 Å². The minimum absolute atomic E-state index is 0.0895. The van der Waals surface area contributed by atoms with E-state index in [4.69, 9.17) is 8.94 Å². The Morgan fingerprint density at radius 1 is 1.19 bits per heavy atom. The minimum atomic E-state index is -0.0895. The molecular weight excluding hydrogens is 342 g/mol. The lowest BCUT2D eigenvalue weighted by atomic mass is 10.0. The molecule has 0 saturated carbocycles. The molecule has 1 N–H and O–H groups in total. The summed E-state index contributed by atoms with van der Waals surface area (Å²) in [5, 5.41) is 6.79. The number of amides is 1. The molecule has 27 heavy (non-hydrogen) atoms. The molecule has 0 unspecified atom stereocenters. The van der Waals surface area contributed by atoms with Gasteiger partial charge in [0.2, 0.25) is 11.8 Å². The van der Waals surface area contributed by atoms with E-state index in [9.17, 15) is 4.79 Å². The zero-order valence-corrected chi connectivity index (χ0v) is 16.2. The molecule has 0 aliphatic heterocycles. The van der Waals surface area contributed by atoms with Crippen molar-refractivity contribution in [3.8, 4) is 11.5 Å². The van der Waals surface area contributed by atoms with Crippen molar-refractivity contribution in [3.63, 3.8) is 0 Å². The number of hydrogen-bond acceptors (Lipinski definition) is 5. The van der Waals surface area contributed by atoms with Gasteiger partial charge in [-0.1, -0.05) is 31.1 Å². The van der Waals surface area contributed by atoms with Crippen LogP contribution in [0.1, 0.15) is 48.2 Å². The van der Waals surface area contributed by atoms with E-state index in [1.807, 2.05) is 32.0 Å². The Kier molecular flexibility index (Phi) is 5.74. The monoisotopic (exact) mass is 367 g/mol. The molecule has 0 aliphatic carbocycles. The molecule has 0 bridgehead atoms. The van der Waals surface area contributed by atoms with Crippen molar-refractivity contribution in [2.24, 2.45) is 0 Å². The zero-order valence-electron chi connectivity index (χ0n) is 16.2. The third-order valence-corrected chi connectivity index (χ3v) is 4.43. The predicted molar refractivity (Wildman–Crippen MR) is 102 cm³/mol. The Labute approximate surface area is 159 Å². The molecule has 0 aliphatic rings. The summed E-state index contributed by atoms with van der Waals surface area (Å²) in [6, 6.07) is 10.0. The van der Waals surface area contributed by atoms with Gasteiger partial charge in [-0.3, -0.25) is 4.79 Å². The topological polar surface area (TPSA) is 81.2 Å². The van der Waals surface area contributed by atoms with E-state index in [1.165, 1.54) is 5.56 Å². The van der Waals surface area contributed by atoms with E-state index in [0.717, 1.165) is 17.0 Å². The van der Waals surface area contributed by atoms with Crippen molar-refractivity contribution in [2.45, 2.75) is 46.5 Å². The molecule has 142 valence electrons. The normalized spacial score (nSPS) is 11.1. The highest BCUT2D eigenvalue weighted by Gasteiger charge is 2.15. The van der Waals surface area contributed by atoms with Gasteiger partial charge in [0.05, 0.1) is 17.8 Å². The van der Waals surface area contributed by atoms with E-state index in [0.29, 0.717) is 36.2 Å². The first-order valence-electron chi connectivity index (χ1n) is 9.18. The summed E-state index contributed by atoms with van der Waals surface area (Å²) in [6.07, 6.45) is 0.825. The maximum Gasteiger partial charge on any atom is 0.226 e. The molecule has 3 aromatic rings. The average molecular weight is 367 g/mol. The first-order chi connectivity index (χ1) is 12.9. The van der Waals surface area contributed by atoms with Crippen LogP contribution in [-0.4, -0.2) is 22.6 Å². The second-order valence-electron chi connectivity index (χ2n) is 7.00. The smallest absolute Gasteiger partial charge is 0.226 e. The Balaban J connectivity index is 1.58. The lowest BCUT2D eigenvalue weighted by Gasteiger charge is -2.04. The van der Waals surface area contributed by atoms with Crippen LogP contribution in [0.2, 0.25) is 0 Å².